The molecule has 0 atom stereocenters. The molecule has 0 saturated heterocycles. The van der Waals surface area contributed by atoms with Gasteiger partial charge in [0.1, 0.15) is 5.75 Å². The molecule has 18 heavy (non-hydrogen) atoms. The fourth-order valence-corrected chi connectivity index (χ4v) is 2.00. The summed E-state index contributed by atoms with van der Waals surface area (Å²) in [7, 11) is 1.69. The molecule has 0 aliphatic heterocycles. The molecule has 0 aliphatic carbocycles. The Morgan fingerprint density at radius 3 is 2.72 bits per heavy atom. The Labute approximate surface area is 109 Å². The molecule has 1 rings (SSSR count). The first-order valence-electron chi connectivity index (χ1n) is 6.22. The van der Waals surface area contributed by atoms with Gasteiger partial charge in [0.2, 0.25) is 0 Å². The van der Waals surface area contributed by atoms with E-state index in [4.69, 9.17) is 10.00 Å². The summed E-state index contributed by atoms with van der Waals surface area (Å²) in [4.78, 5) is 6.69. The number of pyridine rings is 1. The quantitative estimate of drug-likeness (QED) is 0.774. The average molecular weight is 247 g/mol. The van der Waals surface area contributed by atoms with Crippen LogP contribution in [0.2, 0.25) is 0 Å². The average Bonchev–Trinajstić information content (AvgIpc) is 2.37. The summed E-state index contributed by atoms with van der Waals surface area (Å²) in [6, 6.07) is 2.18. The molecule has 0 N–H and O–H groups in total. The summed E-state index contributed by atoms with van der Waals surface area (Å²) >= 11 is 0. The number of methoxy groups -OCH3 is 1. The molecule has 1 heterocycles. The standard InChI is InChI=1S/C14H21N3O/c1-5-17(8-6-7-15)10-13-12(3)14(18-4)11(2)9-16-13/h9H,5-6,8,10H2,1-4H3. The minimum Gasteiger partial charge on any atom is -0.496 e. The summed E-state index contributed by atoms with van der Waals surface area (Å²) in [6.45, 7) is 8.59. The van der Waals surface area contributed by atoms with Gasteiger partial charge in [0, 0.05) is 36.8 Å². The summed E-state index contributed by atoms with van der Waals surface area (Å²) in [6.07, 6.45) is 2.40. The highest BCUT2D eigenvalue weighted by Gasteiger charge is 2.12. The zero-order valence-electron chi connectivity index (χ0n) is 11.7. The minimum atomic E-state index is 0.551. The van der Waals surface area contributed by atoms with Gasteiger partial charge in [-0.15, -0.1) is 0 Å². The van der Waals surface area contributed by atoms with Gasteiger partial charge in [-0.1, -0.05) is 6.92 Å². The van der Waals surface area contributed by atoms with E-state index >= 15 is 0 Å². The van der Waals surface area contributed by atoms with Crippen molar-refractivity contribution in [1.29, 1.82) is 5.26 Å². The Morgan fingerprint density at radius 1 is 1.44 bits per heavy atom. The van der Waals surface area contributed by atoms with Crippen LogP contribution >= 0.6 is 0 Å². The largest absolute Gasteiger partial charge is 0.496 e. The summed E-state index contributed by atoms with van der Waals surface area (Å²) in [5, 5.41) is 8.64. The van der Waals surface area contributed by atoms with Crippen molar-refractivity contribution in [2.45, 2.75) is 33.7 Å². The van der Waals surface area contributed by atoms with Crippen molar-refractivity contribution in [3.63, 3.8) is 0 Å². The maximum absolute atomic E-state index is 8.64. The molecule has 4 nitrogen and oxygen atoms in total. The normalized spacial score (nSPS) is 10.4. The van der Waals surface area contributed by atoms with Crippen molar-refractivity contribution in [2.24, 2.45) is 0 Å². The van der Waals surface area contributed by atoms with E-state index in [0.717, 1.165) is 42.2 Å². The van der Waals surface area contributed by atoms with E-state index in [1.54, 1.807) is 7.11 Å². The second-order valence-corrected chi connectivity index (χ2v) is 4.32. The molecule has 0 amide bonds. The molecular weight excluding hydrogens is 226 g/mol. The molecule has 0 spiro atoms. The van der Waals surface area contributed by atoms with Crippen LogP contribution in [0.4, 0.5) is 0 Å². The number of rotatable bonds is 6. The van der Waals surface area contributed by atoms with E-state index in [1.165, 1.54) is 0 Å². The molecular formula is C14H21N3O. The number of nitrogens with zero attached hydrogens (tertiary/aromatic N) is 3. The molecule has 0 saturated carbocycles. The van der Waals surface area contributed by atoms with Crippen LogP contribution in [0.5, 0.6) is 5.75 Å². The first-order valence-corrected chi connectivity index (χ1v) is 6.22. The van der Waals surface area contributed by atoms with E-state index in [-0.39, 0.29) is 0 Å². The van der Waals surface area contributed by atoms with E-state index in [2.05, 4.69) is 22.9 Å². The maximum atomic E-state index is 8.64. The fourth-order valence-electron chi connectivity index (χ4n) is 2.00. The Bertz CT molecular complexity index is 437. The lowest BCUT2D eigenvalue weighted by Gasteiger charge is -2.20. The lowest BCUT2D eigenvalue weighted by atomic mass is 10.1. The summed E-state index contributed by atoms with van der Waals surface area (Å²) < 4.78 is 5.40. The van der Waals surface area contributed by atoms with E-state index in [9.17, 15) is 0 Å². The molecule has 0 aliphatic rings. The van der Waals surface area contributed by atoms with Crippen LogP contribution in [0.1, 0.15) is 30.2 Å². The van der Waals surface area contributed by atoms with Crippen molar-refractivity contribution in [2.75, 3.05) is 20.2 Å². The number of ether oxygens (including phenoxy) is 1. The van der Waals surface area contributed by atoms with Crippen LogP contribution < -0.4 is 4.74 Å². The monoisotopic (exact) mass is 247 g/mol. The number of hydrogen-bond donors (Lipinski definition) is 0. The van der Waals surface area contributed by atoms with Crippen LogP contribution in [0, 0.1) is 25.2 Å². The fraction of sp³-hybridized carbons (Fsp3) is 0.571. The third kappa shape index (κ3) is 3.44. The molecule has 0 aromatic carbocycles. The van der Waals surface area contributed by atoms with Crippen LogP contribution in [-0.4, -0.2) is 30.1 Å². The van der Waals surface area contributed by atoms with Gasteiger partial charge in [0.05, 0.1) is 18.9 Å². The van der Waals surface area contributed by atoms with Crippen molar-refractivity contribution >= 4 is 0 Å². The Kier molecular flexibility index (Phi) is 5.60. The van der Waals surface area contributed by atoms with Crippen molar-refractivity contribution in [3.05, 3.63) is 23.0 Å². The Morgan fingerprint density at radius 2 is 2.17 bits per heavy atom. The zero-order chi connectivity index (χ0) is 13.5. The Balaban J connectivity index is 2.87. The number of nitriles is 1. The molecule has 1 aromatic rings. The SMILES string of the molecule is CCN(CCC#N)Cc1ncc(C)c(OC)c1C. The van der Waals surface area contributed by atoms with E-state index in [0.29, 0.717) is 6.42 Å². The number of hydrogen-bond acceptors (Lipinski definition) is 4. The molecule has 98 valence electrons. The van der Waals surface area contributed by atoms with Crippen molar-refractivity contribution < 1.29 is 4.74 Å². The zero-order valence-corrected chi connectivity index (χ0v) is 11.7. The summed E-state index contributed by atoms with van der Waals surface area (Å²) in [5.41, 5.74) is 3.17. The summed E-state index contributed by atoms with van der Waals surface area (Å²) in [5.74, 6) is 0.913. The highest BCUT2D eigenvalue weighted by Crippen LogP contribution is 2.24. The lowest BCUT2D eigenvalue weighted by molar-refractivity contribution is 0.281. The second-order valence-electron chi connectivity index (χ2n) is 4.32. The molecule has 0 bridgehead atoms. The molecule has 0 fully saturated rings. The predicted octanol–water partition coefficient (Wildman–Crippen LogP) is 2.44. The third-order valence-corrected chi connectivity index (χ3v) is 3.11. The molecule has 4 heteroatoms. The lowest BCUT2D eigenvalue weighted by Crippen LogP contribution is -2.25. The third-order valence-electron chi connectivity index (χ3n) is 3.11. The van der Waals surface area contributed by atoms with Gasteiger partial charge in [0.25, 0.3) is 0 Å². The van der Waals surface area contributed by atoms with Crippen molar-refractivity contribution in [3.8, 4) is 11.8 Å². The van der Waals surface area contributed by atoms with Gasteiger partial charge in [-0.25, -0.2) is 0 Å². The first-order chi connectivity index (χ1) is 8.63. The molecule has 0 radical (unpaired) electrons. The van der Waals surface area contributed by atoms with Crippen LogP contribution in [-0.2, 0) is 6.54 Å². The van der Waals surface area contributed by atoms with E-state index in [1.807, 2.05) is 20.0 Å². The van der Waals surface area contributed by atoms with Gasteiger partial charge >= 0.3 is 0 Å². The number of aromatic nitrogens is 1. The van der Waals surface area contributed by atoms with Crippen LogP contribution in [0.25, 0.3) is 0 Å². The molecule has 0 unspecified atom stereocenters. The second kappa shape index (κ2) is 6.97. The highest BCUT2D eigenvalue weighted by molar-refractivity contribution is 5.40. The first kappa shape index (κ1) is 14.5. The van der Waals surface area contributed by atoms with Crippen LogP contribution in [0.3, 0.4) is 0 Å². The Hall–Kier alpha value is -1.60. The van der Waals surface area contributed by atoms with Gasteiger partial charge < -0.3 is 4.74 Å². The smallest absolute Gasteiger partial charge is 0.128 e. The van der Waals surface area contributed by atoms with Gasteiger partial charge in [-0.3, -0.25) is 9.88 Å². The minimum absolute atomic E-state index is 0.551. The van der Waals surface area contributed by atoms with Gasteiger partial charge in [-0.05, 0) is 20.4 Å². The predicted molar refractivity (Wildman–Crippen MR) is 71.4 cm³/mol. The highest BCUT2D eigenvalue weighted by atomic mass is 16.5. The topological polar surface area (TPSA) is 49.2 Å². The van der Waals surface area contributed by atoms with E-state index < -0.39 is 0 Å². The van der Waals surface area contributed by atoms with Crippen molar-refractivity contribution in [1.82, 2.24) is 9.88 Å². The van der Waals surface area contributed by atoms with Crippen LogP contribution in [0.15, 0.2) is 6.20 Å². The number of aryl methyl sites for hydroxylation is 1. The van der Waals surface area contributed by atoms with Gasteiger partial charge in [-0.2, -0.15) is 5.26 Å². The maximum Gasteiger partial charge on any atom is 0.128 e. The molecule has 1 aromatic heterocycles. The van der Waals surface area contributed by atoms with Gasteiger partial charge in [0.15, 0.2) is 0 Å².